The van der Waals surface area contributed by atoms with Gasteiger partial charge in [0.15, 0.2) is 0 Å². The minimum Gasteiger partial charge on any atom is -0.467 e. The van der Waals surface area contributed by atoms with E-state index in [1.807, 2.05) is 35.2 Å². The minimum atomic E-state index is 0.00970. The van der Waals surface area contributed by atoms with Gasteiger partial charge in [-0.15, -0.1) is 10.2 Å². The third kappa shape index (κ3) is 4.84. The average Bonchev–Trinajstić information content (AvgIpc) is 3.45. The van der Waals surface area contributed by atoms with E-state index in [0.29, 0.717) is 17.7 Å². The number of benzene rings is 1. The topological polar surface area (TPSA) is 72.4 Å². The number of rotatable bonds is 7. The number of carbonyl (C=O) groups excluding carboxylic acids is 1. The van der Waals surface area contributed by atoms with Gasteiger partial charge < -0.3 is 13.7 Å². The van der Waals surface area contributed by atoms with Gasteiger partial charge in [-0.05, 0) is 74.9 Å². The van der Waals surface area contributed by atoms with Gasteiger partial charge in [-0.2, -0.15) is 0 Å². The van der Waals surface area contributed by atoms with Crippen LogP contribution >= 0.6 is 11.8 Å². The Hall–Kier alpha value is -2.80. The van der Waals surface area contributed by atoms with E-state index >= 15 is 0 Å². The number of amides is 1. The second kappa shape index (κ2) is 9.34. The van der Waals surface area contributed by atoms with Crippen LogP contribution in [0.1, 0.15) is 42.6 Å². The van der Waals surface area contributed by atoms with Crippen LogP contribution < -0.4 is 0 Å². The molecule has 2 heterocycles. The molecule has 0 bridgehead atoms. The smallest absolute Gasteiger partial charge is 0.277 e. The molecule has 0 aliphatic heterocycles. The highest BCUT2D eigenvalue weighted by Gasteiger charge is 2.22. The predicted octanol–water partition coefficient (Wildman–Crippen LogP) is 5.53. The van der Waals surface area contributed by atoms with Crippen molar-refractivity contribution in [2.24, 2.45) is 0 Å². The summed E-state index contributed by atoms with van der Waals surface area (Å²) in [5, 5.41) is 8.64. The number of thioether (sulfide) groups is 1. The summed E-state index contributed by atoms with van der Waals surface area (Å²) in [6, 6.07) is 9.77. The Labute approximate surface area is 180 Å². The van der Waals surface area contributed by atoms with Crippen molar-refractivity contribution in [3.63, 3.8) is 0 Å². The molecular weight excluding hydrogens is 398 g/mol. The van der Waals surface area contributed by atoms with Gasteiger partial charge in [0.05, 0.1) is 18.6 Å². The first-order valence-electron chi connectivity index (χ1n) is 10.2. The second-order valence-corrected chi connectivity index (χ2v) is 8.39. The van der Waals surface area contributed by atoms with Gasteiger partial charge >= 0.3 is 0 Å². The highest BCUT2D eigenvalue weighted by molar-refractivity contribution is 7.99. The van der Waals surface area contributed by atoms with E-state index in [9.17, 15) is 4.79 Å². The summed E-state index contributed by atoms with van der Waals surface area (Å²) in [4.78, 5) is 14.9. The largest absolute Gasteiger partial charge is 0.467 e. The van der Waals surface area contributed by atoms with Crippen molar-refractivity contribution in [3.05, 3.63) is 65.3 Å². The van der Waals surface area contributed by atoms with Crippen molar-refractivity contribution >= 4 is 17.7 Å². The van der Waals surface area contributed by atoms with E-state index in [0.717, 1.165) is 36.3 Å². The SMILES string of the molecule is Cc1ccc(-c2nnc(SCC(=O)N(Cc3ccco3)C3=CCCCC3)o2)cc1C. The molecule has 156 valence electrons. The molecule has 0 N–H and O–H groups in total. The Balaban J connectivity index is 1.43. The molecule has 3 aromatic rings. The lowest BCUT2D eigenvalue weighted by Gasteiger charge is -2.26. The number of furan rings is 1. The van der Waals surface area contributed by atoms with Gasteiger partial charge in [0.2, 0.25) is 11.8 Å². The molecule has 0 unspecified atom stereocenters. The molecule has 2 aromatic heterocycles. The molecule has 7 heteroatoms. The Kier molecular flexibility index (Phi) is 6.38. The van der Waals surface area contributed by atoms with E-state index in [1.165, 1.54) is 29.3 Å². The maximum absolute atomic E-state index is 13.0. The summed E-state index contributed by atoms with van der Waals surface area (Å²) in [6.07, 6.45) is 7.99. The van der Waals surface area contributed by atoms with Gasteiger partial charge in [0.25, 0.3) is 5.22 Å². The van der Waals surface area contributed by atoms with Gasteiger partial charge in [0, 0.05) is 11.3 Å². The van der Waals surface area contributed by atoms with Crippen LogP contribution in [0.4, 0.5) is 0 Å². The molecule has 0 saturated heterocycles. The number of aryl methyl sites for hydroxylation is 2. The molecule has 4 rings (SSSR count). The molecule has 6 nitrogen and oxygen atoms in total. The lowest BCUT2D eigenvalue weighted by molar-refractivity contribution is -0.127. The van der Waals surface area contributed by atoms with Gasteiger partial charge in [0.1, 0.15) is 5.76 Å². The van der Waals surface area contributed by atoms with Gasteiger partial charge in [-0.25, -0.2) is 0 Å². The third-order valence-electron chi connectivity index (χ3n) is 5.29. The zero-order valence-electron chi connectivity index (χ0n) is 17.3. The highest BCUT2D eigenvalue weighted by Crippen LogP contribution is 2.27. The number of hydrogen-bond donors (Lipinski definition) is 0. The zero-order valence-corrected chi connectivity index (χ0v) is 18.1. The number of carbonyl (C=O) groups is 1. The summed E-state index contributed by atoms with van der Waals surface area (Å²) in [7, 11) is 0. The minimum absolute atomic E-state index is 0.00970. The van der Waals surface area contributed by atoms with Crippen molar-refractivity contribution in [3.8, 4) is 11.5 Å². The Bertz CT molecular complexity index is 1040. The van der Waals surface area contributed by atoms with Crippen LogP contribution in [0, 0.1) is 13.8 Å². The third-order valence-corrected chi connectivity index (χ3v) is 6.09. The summed E-state index contributed by atoms with van der Waals surface area (Å²) in [5.41, 5.74) is 4.34. The molecule has 0 spiro atoms. The first-order chi connectivity index (χ1) is 14.6. The fraction of sp³-hybridized carbons (Fsp3) is 0.348. The van der Waals surface area contributed by atoms with Crippen molar-refractivity contribution in [1.29, 1.82) is 0 Å². The van der Waals surface area contributed by atoms with E-state index in [4.69, 9.17) is 8.83 Å². The fourth-order valence-corrected chi connectivity index (χ4v) is 4.07. The molecule has 0 atom stereocenters. The fourth-order valence-electron chi connectivity index (χ4n) is 3.44. The van der Waals surface area contributed by atoms with Crippen LogP contribution in [0.2, 0.25) is 0 Å². The van der Waals surface area contributed by atoms with Crippen LogP contribution in [0.5, 0.6) is 0 Å². The molecular formula is C23H25N3O3S. The van der Waals surface area contributed by atoms with Crippen LogP contribution in [0.15, 0.2) is 62.4 Å². The van der Waals surface area contributed by atoms with Crippen molar-refractivity contribution in [2.45, 2.75) is 51.3 Å². The number of hydrogen-bond acceptors (Lipinski definition) is 6. The lowest BCUT2D eigenvalue weighted by Crippen LogP contribution is -2.32. The predicted molar refractivity (Wildman–Crippen MR) is 116 cm³/mol. The highest BCUT2D eigenvalue weighted by atomic mass is 32.2. The second-order valence-electron chi connectivity index (χ2n) is 7.46. The molecule has 1 amide bonds. The maximum atomic E-state index is 13.0. The Morgan fingerprint density at radius 2 is 2.07 bits per heavy atom. The Morgan fingerprint density at radius 1 is 1.17 bits per heavy atom. The van der Waals surface area contributed by atoms with Crippen LogP contribution in [-0.2, 0) is 11.3 Å². The number of allylic oxidation sites excluding steroid dienone is 2. The normalized spacial score (nSPS) is 13.9. The van der Waals surface area contributed by atoms with Crippen molar-refractivity contribution in [1.82, 2.24) is 15.1 Å². The quantitative estimate of drug-likeness (QED) is 0.466. The maximum Gasteiger partial charge on any atom is 0.277 e. The van der Waals surface area contributed by atoms with E-state index in [2.05, 4.69) is 30.1 Å². The van der Waals surface area contributed by atoms with E-state index in [1.54, 1.807) is 6.26 Å². The monoisotopic (exact) mass is 423 g/mol. The molecule has 0 saturated carbocycles. The molecule has 0 radical (unpaired) electrons. The van der Waals surface area contributed by atoms with Crippen LogP contribution in [0.3, 0.4) is 0 Å². The van der Waals surface area contributed by atoms with E-state index in [-0.39, 0.29) is 11.7 Å². The van der Waals surface area contributed by atoms with Gasteiger partial charge in [-0.1, -0.05) is 23.9 Å². The first-order valence-corrected chi connectivity index (χ1v) is 11.1. The summed E-state index contributed by atoms with van der Waals surface area (Å²) in [5.74, 6) is 1.48. The molecule has 30 heavy (non-hydrogen) atoms. The first kappa shape index (κ1) is 20.5. The number of aromatic nitrogens is 2. The average molecular weight is 424 g/mol. The lowest BCUT2D eigenvalue weighted by atomic mass is 10.0. The Morgan fingerprint density at radius 3 is 2.80 bits per heavy atom. The van der Waals surface area contributed by atoms with Gasteiger partial charge in [-0.3, -0.25) is 4.79 Å². The zero-order chi connectivity index (χ0) is 20.9. The van der Waals surface area contributed by atoms with E-state index < -0.39 is 0 Å². The molecule has 1 aliphatic rings. The standard InChI is InChI=1S/C23H25N3O3S/c1-16-10-11-18(13-17(16)2)22-24-25-23(29-22)30-15-21(27)26(14-20-9-6-12-28-20)19-7-4-3-5-8-19/h6-7,9-13H,3-5,8,14-15H2,1-2H3. The summed E-state index contributed by atoms with van der Waals surface area (Å²) >= 11 is 1.27. The van der Waals surface area contributed by atoms with Crippen LogP contribution in [0.25, 0.3) is 11.5 Å². The van der Waals surface area contributed by atoms with Crippen LogP contribution in [-0.4, -0.2) is 26.8 Å². The van der Waals surface area contributed by atoms with Crippen molar-refractivity contribution in [2.75, 3.05) is 5.75 Å². The molecule has 0 fully saturated rings. The molecule has 1 aliphatic carbocycles. The summed E-state index contributed by atoms with van der Waals surface area (Å²) in [6.45, 7) is 4.56. The molecule has 1 aromatic carbocycles. The summed E-state index contributed by atoms with van der Waals surface area (Å²) < 4.78 is 11.3. The van der Waals surface area contributed by atoms with Crippen molar-refractivity contribution < 1.29 is 13.6 Å². The number of nitrogens with zero attached hydrogens (tertiary/aromatic N) is 3.